The Balaban J connectivity index is 1.62. The molecule has 1 aliphatic carbocycles. The molecule has 0 radical (unpaired) electrons. The molecule has 2 aromatic carbocycles. The van der Waals surface area contributed by atoms with Crippen LogP contribution >= 0.6 is 22.6 Å². The molecular weight excluding hydrogens is 570 g/mol. The summed E-state index contributed by atoms with van der Waals surface area (Å²) in [5.41, 5.74) is 4.96. The lowest BCUT2D eigenvalue weighted by Gasteiger charge is -2.28. The number of aromatic nitrogens is 3. The van der Waals surface area contributed by atoms with Crippen molar-refractivity contribution in [3.05, 3.63) is 57.9 Å². The number of nitrogens with zero attached hydrogens (tertiary/aromatic N) is 3. The fraction of sp³-hybridized carbons (Fsp3) is 0.240. The number of rotatable bonds is 2. The molecule has 6 rings (SSSR count). The highest BCUT2D eigenvalue weighted by molar-refractivity contribution is 14.1. The average molecular weight is 587 g/mol. The van der Waals surface area contributed by atoms with Gasteiger partial charge in [-0.15, -0.1) is 6.42 Å². The van der Waals surface area contributed by atoms with Gasteiger partial charge >= 0.3 is 5.69 Å². The predicted octanol–water partition coefficient (Wildman–Crippen LogP) is 4.52. The summed E-state index contributed by atoms with van der Waals surface area (Å²) in [4.78, 5) is 25.5. The first-order valence-corrected chi connectivity index (χ1v) is 12.2. The highest BCUT2D eigenvalue weighted by Crippen LogP contribution is 2.50. The van der Waals surface area contributed by atoms with Crippen LogP contribution in [0.5, 0.6) is 0 Å². The molecule has 3 heterocycles. The fourth-order valence-electron chi connectivity index (χ4n) is 5.25. The van der Waals surface area contributed by atoms with Gasteiger partial charge in [0.25, 0.3) is 0 Å². The Kier molecular flexibility index (Phi) is 4.96. The topological polar surface area (TPSA) is 87.9 Å². The van der Waals surface area contributed by atoms with Gasteiger partial charge in [0.05, 0.1) is 16.5 Å². The quantitative estimate of drug-likeness (QED) is 0.156. The van der Waals surface area contributed by atoms with E-state index in [0.29, 0.717) is 27.6 Å². The van der Waals surface area contributed by atoms with Gasteiger partial charge in [-0.3, -0.25) is 4.98 Å². The minimum Gasteiger partial charge on any atom is -0.399 e. The van der Waals surface area contributed by atoms with Crippen LogP contribution < -0.4 is 16.3 Å². The molecule has 3 atom stereocenters. The molecule has 35 heavy (non-hydrogen) atoms. The number of nitrogen functional groups attached to an aromatic ring is 1. The van der Waals surface area contributed by atoms with Crippen LogP contribution in [0.25, 0.3) is 32.9 Å². The maximum atomic E-state index is 16.0. The third-order valence-corrected chi connectivity index (χ3v) is 8.51. The summed E-state index contributed by atoms with van der Waals surface area (Å²) in [6.45, 7) is 0.714. The Morgan fingerprint density at radius 3 is 2.80 bits per heavy atom. The molecule has 2 aromatic heterocycles. The lowest BCUT2D eigenvalue weighted by molar-refractivity contribution is 0.509. The number of aromatic amines is 1. The number of hydrogen-bond acceptors (Lipinski definition) is 5. The minimum atomic E-state index is -1.22. The molecule has 1 aliphatic heterocycles. The van der Waals surface area contributed by atoms with Crippen molar-refractivity contribution in [1.29, 1.82) is 0 Å². The third-order valence-electron chi connectivity index (χ3n) is 6.85. The van der Waals surface area contributed by atoms with Crippen molar-refractivity contribution in [2.45, 2.75) is 22.8 Å². The Bertz CT molecular complexity index is 1660. The molecule has 0 amide bonds. The molecule has 4 aromatic rings. The average Bonchev–Trinajstić information content (AvgIpc) is 3.50. The van der Waals surface area contributed by atoms with E-state index >= 15 is 4.39 Å². The first-order chi connectivity index (χ1) is 16.8. The van der Waals surface area contributed by atoms with Crippen molar-refractivity contribution in [1.82, 2.24) is 15.0 Å². The van der Waals surface area contributed by atoms with Crippen LogP contribution in [0.4, 0.5) is 24.7 Å². The van der Waals surface area contributed by atoms with E-state index in [0.717, 1.165) is 18.9 Å². The highest BCUT2D eigenvalue weighted by Gasteiger charge is 2.54. The van der Waals surface area contributed by atoms with Crippen LogP contribution in [-0.2, 0) is 0 Å². The molecule has 1 saturated carbocycles. The summed E-state index contributed by atoms with van der Waals surface area (Å²) in [7, 11) is 0. The molecule has 176 valence electrons. The van der Waals surface area contributed by atoms with Crippen LogP contribution in [0.3, 0.4) is 0 Å². The van der Waals surface area contributed by atoms with Gasteiger partial charge in [0.2, 0.25) is 0 Å². The fourth-order valence-corrected chi connectivity index (χ4v) is 6.72. The van der Waals surface area contributed by atoms with Crippen molar-refractivity contribution >= 4 is 55.8 Å². The lowest BCUT2D eigenvalue weighted by atomic mass is 9.95. The molecule has 2 aliphatic rings. The second-order valence-electron chi connectivity index (χ2n) is 8.87. The molecule has 1 unspecified atom stereocenters. The lowest BCUT2D eigenvalue weighted by Crippen LogP contribution is -2.34. The van der Waals surface area contributed by atoms with Gasteiger partial charge < -0.3 is 15.6 Å². The third kappa shape index (κ3) is 3.28. The number of anilines is 2. The van der Waals surface area contributed by atoms with Gasteiger partial charge in [-0.1, -0.05) is 28.5 Å². The SMILES string of the molecule is C#Cc1c(F)c(F)cc2cc(N)cc(-c3ncc4c(N5CCC[C@H]6C5[C@H]6I)nc(=O)[nH]c4c3F)c12. The number of nitrogens with one attached hydrogen (secondary N) is 1. The number of H-pyrrole nitrogens is 1. The largest absolute Gasteiger partial charge is 0.399 e. The Morgan fingerprint density at radius 2 is 2.03 bits per heavy atom. The zero-order valence-electron chi connectivity index (χ0n) is 18.1. The van der Waals surface area contributed by atoms with E-state index in [1.807, 2.05) is 0 Å². The predicted molar refractivity (Wildman–Crippen MR) is 137 cm³/mol. The molecular formula is C25H17F3IN5O. The number of terminal acetylenes is 1. The van der Waals surface area contributed by atoms with Crippen molar-refractivity contribution < 1.29 is 13.2 Å². The summed E-state index contributed by atoms with van der Waals surface area (Å²) in [5, 5.41) is 0.676. The number of pyridine rings is 1. The molecule has 0 spiro atoms. The Hall–Kier alpha value is -3.33. The summed E-state index contributed by atoms with van der Waals surface area (Å²) in [5.74, 6) is -0.115. The Morgan fingerprint density at radius 1 is 1.23 bits per heavy atom. The van der Waals surface area contributed by atoms with Crippen molar-refractivity contribution in [3.63, 3.8) is 0 Å². The van der Waals surface area contributed by atoms with Crippen molar-refractivity contribution in [2.24, 2.45) is 5.92 Å². The maximum Gasteiger partial charge on any atom is 0.347 e. The van der Waals surface area contributed by atoms with E-state index in [4.69, 9.17) is 12.2 Å². The zero-order chi connectivity index (χ0) is 24.6. The standard InChI is InChI=1S/C25H17F3IN5O/c1-2-12-17-10(7-16(26)18(12)27)6-11(30)8-14(17)21-19(28)22-15(9-31-21)24(33-25(35)32-22)34-5-3-4-13-20(29)23(13)34/h1,6-9,13,20,23H,3-5,30H2,(H,32,33,35)/t13-,20+,23?/m1/s1. The van der Waals surface area contributed by atoms with Crippen LogP contribution in [0.2, 0.25) is 0 Å². The number of benzene rings is 2. The summed E-state index contributed by atoms with van der Waals surface area (Å²) in [6, 6.07) is 4.03. The van der Waals surface area contributed by atoms with E-state index in [9.17, 15) is 13.6 Å². The molecule has 1 saturated heterocycles. The second kappa shape index (κ2) is 7.84. The van der Waals surface area contributed by atoms with Gasteiger partial charge in [0.15, 0.2) is 17.5 Å². The van der Waals surface area contributed by atoms with Gasteiger partial charge in [0, 0.05) is 39.3 Å². The number of alkyl halides is 1. The normalized spacial score (nSPS) is 21.2. The van der Waals surface area contributed by atoms with Crippen LogP contribution in [-0.4, -0.2) is 31.5 Å². The van der Waals surface area contributed by atoms with Gasteiger partial charge in [-0.25, -0.2) is 18.0 Å². The van der Waals surface area contributed by atoms with E-state index in [-0.39, 0.29) is 44.8 Å². The highest BCUT2D eigenvalue weighted by atomic mass is 127. The molecule has 3 N–H and O–H groups in total. The number of fused-ring (bicyclic) bond motifs is 3. The first-order valence-electron chi connectivity index (χ1n) is 11.0. The number of halogens is 4. The van der Waals surface area contributed by atoms with Crippen molar-refractivity contribution in [2.75, 3.05) is 17.2 Å². The van der Waals surface area contributed by atoms with E-state index in [1.54, 1.807) is 0 Å². The Labute approximate surface area is 210 Å². The molecule has 0 bridgehead atoms. The molecule has 2 fully saturated rings. The van der Waals surface area contributed by atoms with Crippen LogP contribution in [0.15, 0.2) is 29.2 Å². The molecule has 10 heteroatoms. The molecule has 6 nitrogen and oxygen atoms in total. The van der Waals surface area contributed by atoms with E-state index < -0.39 is 23.1 Å². The summed E-state index contributed by atoms with van der Waals surface area (Å²) < 4.78 is 45.1. The monoisotopic (exact) mass is 587 g/mol. The van der Waals surface area contributed by atoms with Gasteiger partial charge in [-0.2, -0.15) is 4.98 Å². The van der Waals surface area contributed by atoms with E-state index in [1.165, 1.54) is 18.3 Å². The summed E-state index contributed by atoms with van der Waals surface area (Å²) in [6.07, 6.45) is 8.99. The zero-order valence-corrected chi connectivity index (χ0v) is 20.2. The van der Waals surface area contributed by atoms with Crippen LogP contribution in [0.1, 0.15) is 18.4 Å². The second-order valence-corrected chi connectivity index (χ2v) is 10.3. The number of hydrogen-bond donors (Lipinski definition) is 2. The number of nitrogens with two attached hydrogens (primary N) is 1. The number of piperidine rings is 1. The van der Waals surface area contributed by atoms with Gasteiger partial charge in [-0.05, 0) is 42.3 Å². The minimum absolute atomic E-state index is 0.0711. The van der Waals surface area contributed by atoms with Crippen molar-refractivity contribution in [3.8, 4) is 23.6 Å². The summed E-state index contributed by atoms with van der Waals surface area (Å²) >= 11 is 2.40. The van der Waals surface area contributed by atoms with Gasteiger partial charge in [0.1, 0.15) is 11.5 Å². The maximum absolute atomic E-state index is 16.0. The van der Waals surface area contributed by atoms with E-state index in [2.05, 4.69) is 48.4 Å². The first kappa shape index (κ1) is 22.2. The van der Waals surface area contributed by atoms with Crippen LogP contribution in [0, 0.1) is 35.7 Å². The smallest absolute Gasteiger partial charge is 0.347 e.